The van der Waals surface area contributed by atoms with Gasteiger partial charge in [0.15, 0.2) is 5.96 Å². The minimum absolute atomic E-state index is 0.247. The first-order valence-corrected chi connectivity index (χ1v) is 10.5. The number of nitrogens with zero attached hydrogens (tertiary/aromatic N) is 4. The van der Waals surface area contributed by atoms with Gasteiger partial charge in [0.2, 0.25) is 0 Å². The Labute approximate surface area is 164 Å². The molecule has 7 nitrogen and oxygen atoms in total. The number of guanidine groups is 1. The predicted octanol–water partition coefficient (Wildman–Crippen LogP) is 2.77. The molecule has 0 aliphatic carbocycles. The number of aryl methyl sites for hydroxylation is 1. The molecule has 0 bridgehead atoms. The molecule has 0 amide bonds. The Bertz CT molecular complexity index is 565. The van der Waals surface area contributed by atoms with E-state index in [-0.39, 0.29) is 12.1 Å². The second kappa shape index (κ2) is 11.3. The fourth-order valence-electron chi connectivity index (χ4n) is 3.34. The first-order chi connectivity index (χ1) is 13.0. The lowest BCUT2D eigenvalue weighted by atomic mass is 10.0. The zero-order chi connectivity index (χ0) is 19.6. The summed E-state index contributed by atoms with van der Waals surface area (Å²) in [5.41, 5.74) is 0. The van der Waals surface area contributed by atoms with Gasteiger partial charge < -0.3 is 19.9 Å². The van der Waals surface area contributed by atoms with E-state index < -0.39 is 0 Å². The van der Waals surface area contributed by atoms with Crippen LogP contribution in [0.4, 0.5) is 0 Å². The highest BCUT2D eigenvalue weighted by molar-refractivity contribution is 5.80. The summed E-state index contributed by atoms with van der Waals surface area (Å²) >= 11 is 0. The van der Waals surface area contributed by atoms with Crippen molar-refractivity contribution in [1.29, 1.82) is 0 Å². The molecule has 0 radical (unpaired) electrons. The van der Waals surface area contributed by atoms with Crippen LogP contribution >= 0.6 is 0 Å². The lowest BCUT2D eigenvalue weighted by Crippen LogP contribution is -2.49. The van der Waals surface area contributed by atoms with Gasteiger partial charge >= 0.3 is 0 Å². The Balaban J connectivity index is 1.94. The van der Waals surface area contributed by atoms with Gasteiger partial charge in [-0.25, -0.2) is 0 Å². The van der Waals surface area contributed by atoms with Crippen LogP contribution in [-0.2, 0) is 17.7 Å². The van der Waals surface area contributed by atoms with Crippen molar-refractivity contribution in [3.8, 4) is 0 Å². The highest BCUT2D eigenvalue weighted by Gasteiger charge is 2.23. The predicted molar refractivity (Wildman–Crippen MR) is 110 cm³/mol. The highest BCUT2D eigenvalue weighted by atomic mass is 16.5. The van der Waals surface area contributed by atoms with E-state index in [2.05, 4.69) is 60.0 Å². The molecule has 1 aliphatic rings. The van der Waals surface area contributed by atoms with Gasteiger partial charge in [0.25, 0.3) is 0 Å². The second-order valence-electron chi connectivity index (χ2n) is 8.03. The van der Waals surface area contributed by atoms with Gasteiger partial charge in [0.05, 0.1) is 18.7 Å². The van der Waals surface area contributed by atoms with Crippen molar-refractivity contribution in [3.05, 3.63) is 12.2 Å². The van der Waals surface area contributed by atoms with E-state index in [0.717, 1.165) is 56.5 Å². The lowest BCUT2D eigenvalue weighted by molar-refractivity contribution is 0.0889. The summed E-state index contributed by atoms with van der Waals surface area (Å²) in [6, 6.07) is 0.633. The maximum absolute atomic E-state index is 5.83. The topological polar surface area (TPSA) is 76.4 Å². The summed E-state index contributed by atoms with van der Waals surface area (Å²) in [4.78, 5) is 4.81. The molecule has 0 aromatic carbocycles. The SMILES string of the molecule is CCc1nncn1CCN=C(NC(C)CCC(C)C)NC(C)C1CCCO1. The average Bonchev–Trinajstić information content (AvgIpc) is 3.31. The third-order valence-electron chi connectivity index (χ3n) is 5.07. The molecule has 1 fully saturated rings. The number of nitrogens with one attached hydrogen (secondary N) is 2. The minimum atomic E-state index is 0.247. The van der Waals surface area contributed by atoms with Crippen LogP contribution in [0.5, 0.6) is 0 Å². The molecular formula is C20H38N6O. The van der Waals surface area contributed by atoms with Gasteiger partial charge in [-0.15, -0.1) is 10.2 Å². The van der Waals surface area contributed by atoms with Crippen LogP contribution in [0.15, 0.2) is 11.3 Å². The Morgan fingerprint density at radius 2 is 2.11 bits per heavy atom. The maximum atomic E-state index is 5.83. The molecule has 154 valence electrons. The zero-order valence-electron chi connectivity index (χ0n) is 17.7. The summed E-state index contributed by atoms with van der Waals surface area (Å²) in [7, 11) is 0. The standard InChI is InChI=1S/C20H38N6O/c1-6-19-25-22-14-26(19)12-11-21-20(23-16(4)10-9-15(2)3)24-17(5)18-8-7-13-27-18/h14-18H,6-13H2,1-5H3,(H2,21,23,24). The van der Waals surface area contributed by atoms with E-state index in [1.807, 2.05) is 0 Å². The van der Waals surface area contributed by atoms with Crippen molar-refractivity contribution in [2.24, 2.45) is 10.9 Å². The summed E-state index contributed by atoms with van der Waals surface area (Å²) in [5.74, 6) is 2.60. The summed E-state index contributed by atoms with van der Waals surface area (Å²) in [5, 5.41) is 15.3. The largest absolute Gasteiger partial charge is 0.376 e. The first kappa shape index (κ1) is 21.7. The van der Waals surface area contributed by atoms with Crippen molar-refractivity contribution >= 4 is 5.96 Å². The number of hydrogen-bond donors (Lipinski definition) is 2. The molecule has 2 rings (SSSR count). The van der Waals surface area contributed by atoms with Crippen LogP contribution < -0.4 is 10.6 Å². The molecule has 1 saturated heterocycles. The quantitative estimate of drug-likeness (QED) is 0.484. The summed E-state index contributed by atoms with van der Waals surface area (Å²) < 4.78 is 7.90. The van der Waals surface area contributed by atoms with Gasteiger partial charge in [-0.1, -0.05) is 20.8 Å². The Hall–Kier alpha value is -1.63. The number of hydrogen-bond acceptors (Lipinski definition) is 4. The first-order valence-electron chi connectivity index (χ1n) is 10.5. The van der Waals surface area contributed by atoms with E-state index in [1.165, 1.54) is 6.42 Å². The van der Waals surface area contributed by atoms with E-state index in [0.29, 0.717) is 12.6 Å². The number of aromatic nitrogens is 3. The molecule has 2 N–H and O–H groups in total. The van der Waals surface area contributed by atoms with Gasteiger partial charge in [-0.3, -0.25) is 4.99 Å². The van der Waals surface area contributed by atoms with Crippen LogP contribution in [-0.4, -0.2) is 52.1 Å². The molecule has 1 aromatic rings. The van der Waals surface area contributed by atoms with Crippen LogP contribution in [0.25, 0.3) is 0 Å². The fraction of sp³-hybridized carbons (Fsp3) is 0.850. The van der Waals surface area contributed by atoms with E-state index in [9.17, 15) is 0 Å². The fourth-order valence-corrected chi connectivity index (χ4v) is 3.34. The van der Waals surface area contributed by atoms with Crippen molar-refractivity contribution in [3.63, 3.8) is 0 Å². The molecule has 1 aromatic heterocycles. The van der Waals surface area contributed by atoms with Gasteiger partial charge in [-0.05, 0) is 45.4 Å². The number of rotatable bonds is 10. The van der Waals surface area contributed by atoms with Crippen LogP contribution in [0.2, 0.25) is 0 Å². The van der Waals surface area contributed by atoms with E-state index in [1.54, 1.807) is 6.33 Å². The van der Waals surface area contributed by atoms with Crippen LogP contribution in [0, 0.1) is 5.92 Å². The Morgan fingerprint density at radius 3 is 2.78 bits per heavy atom. The monoisotopic (exact) mass is 378 g/mol. The van der Waals surface area contributed by atoms with Gasteiger partial charge in [0, 0.05) is 25.6 Å². The lowest BCUT2D eigenvalue weighted by Gasteiger charge is -2.25. The minimum Gasteiger partial charge on any atom is -0.376 e. The molecule has 7 heteroatoms. The number of ether oxygens (including phenoxy) is 1. The second-order valence-corrected chi connectivity index (χ2v) is 8.03. The van der Waals surface area contributed by atoms with Crippen molar-refractivity contribution in [2.45, 2.75) is 91.5 Å². The summed E-state index contributed by atoms with van der Waals surface area (Å²) in [6.07, 6.45) is 7.55. The third kappa shape index (κ3) is 7.48. The van der Waals surface area contributed by atoms with Crippen molar-refractivity contribution in [2.75, 3.05) is 13.2 Å². The molecule has 3 unspecified atom stereocenters. The average molecular weight is 379 g/mol. The third-order valence-corrected chi connectivity index (χ3v) is 5.07. The molecule has 0 saturated carbocycles. The molecule has 27 heavy (non-hydrogen) atoms. The molecule has 0 spiro atoms. The maximum Gasteiger partial charge on any atom is 0.191 e. The Morgan fingerprint density at radius 1 is 1.30 bits per heavy atom. The van der Waals surface area contributed by atoms with Gasteiger partial charge in [-0.2, -0.15) is 0 Å². The molecular weight excluding hydrogens is 340 g/mol. The smallest absolute Gasteiger partial charge is 0.191 e. The van der Waals surface area contributed by atoms with Crippen LogP contribution in [0.1, 0.15) is 66.1 Å². The highest BCUT2D eigenvalue weighted by Crippen LogP contribution is 2.15. The van der Waals surface area contributed by atoms with Crippen LogP contribution in [0.3, 0.4) is 0 Å². The molecule has 3 atom stereocenters. The van der Waals surface area contributed by atoms with Gasteiger partial charge in [0.1, 0.15) is 12.2 Å². The number of aliphatic imine (C=N–C) groups is 1. The molecule has 2 heterocycles. The van der Waals surface area contributed by atoms with E-state index in [4.69, 9.17) is 9.73 Å². The van der Waals surface area contributed by atoms with E-state index >= 15 is 0 Å². The molecule has 1 aliphatic heterocycles. The zero-order valence-corrected chi connectivity index (χ0v) is 17.7. The summed E-state index contributed by atoms with van der Waals surface area (Å²) in [6.45, 7) is 13.4. The normalized spacial score (nSPS) is 20.1. The van der Waals surface area contributed by atoms with Crippen molar-refractivity contribution in [1.82, 2.24) is 25.4 Å². The Kier molecular flexibility index (Phi) is 9.04. The van der Waals surface area contributed by atoms with Crippen molar-refractivity contribution < 1.29 is 4.74 Å².